The molecule has 0 atom stereocenters. The van der Waals surface area contributed by atoms with E-state index in [2.05, 4.69) is 25.9 Å². The molecule has 0 bridgehead atoms. The lowest BCUT2D eigenvalue weighted by molar-refractivity contribution is 0.710. The fourth-order valence-electron chi connectivity index (χ4n) is 2.87. The van der Waals surface area contributed by atoms with E-state index in [1.165, 1.54) is 12.8 Å². The van der Waals surface area contributed by atoms with Gasteiger partial charge >= 0.3 is 0 Å². The maximum Gasteiger partial charge on any atom is 0.137 e. The Hall–Kier alpha value is -0.640. The molecule has 2 aromatic rings. The Bertz CT molecular complexity index is 614. The molecule has 0 spiro atoms. The first kappa shape index (κ1) is 15.3. The van der Waals surface area contributed by atoms with Gasteiger partial charge in [-0.25, -0.2) is 9.97 Å². The van der Waals surface area contributed by atoms with Gasteiger partial charge in [0.1, 0.15) is 16.1 Å². The summed E-state index contributed by atoms with van der Waals surface area (Å²) in [5, 5.41) is 1.04. The number of rotatable bonds is 3. The first-order valence-corrected chi connectivity index (χ1v) is 8.64. The standard InChI is InChI=1S/C16H15BrCl2N2/c17-12-7-5-10(6-8-12)9-13-20-15(18)14(16(19)21-13)11-3-1-2-4-11/h5-8,11H,1-4,9H2. The predicted octanol–water partition coefficient (Wildman–Crippen LogP) is 5.79. The summed E-state index contributed by atoms with van der Waals surface area (Å²) < 4.78 is 1.06. The number of aromatic nitrogens is 2. The summed E-state index contributed by atoms with van der Waals surface area (Å²) in [6.07, 6.45) is 5.37. The van der Waals surface area contributed by atoms with Crippen LogP contribution < -0.4 is 0 Å². The van der Waals surface area contributed by atoms with Gasteiger partial charge in [0, 0.05) is 16.5 Å². The van der Waals surface area contributed by atoms with Crippen LogP contribution in [0.1, 0.15) is 48.6 Å². The van der Waals surface area contributed by atoms with E-state index >= 15 is 0 Å². The van der Waals surface area contributed by atoms with E-state index in [0.29, 0.717) is 28.5 Å². The number of hydrogen-bond acceptors (Lipinski definition) is 2. The average Bonchev–Trinajstić information content (AvgIpc) is 2.94. The van der Waals surface area contributed by atoms with Crippen molar-refractivity contribution >= 4 is 39.1 Å². The van der Waals surface area contributed by atoms with E-state index in [4.69, 9.17) is 23.2 Å². The van der Waals surface area contributed by atoms with Gasteiger partial charge in [-0.2, -0.15) is 0 Å². The highest BCUT2D eigenvalue weighted by atomic mass is 79.9. The first-order valence-electron chi connectivity index (χ1n) is 7.10. The van der Waals surface area contributed by atoms with Crippen molar-refractivity contribution in [2.45, 2.75) is 38.0 Å². The summed E-state index contributed by atoms with van der Waals surface area (Å²) in [5.74, 6) is 1.10. The Labute approximate surface area is 143 Å². The molecule has 1 fully saturated rings. The molecule has 1 aliphatic rings. The van der Waals surface area contributed by atoms with Crippen LogP contribution in [0.5, 0.6) is 0 Å². The predicted molar refractivity (Wildman–Crippen MR) is 90.2 cm³/mol. The van der Waals surface area contributed by atoms with Crippen LogP contribution in [0.3, 0.4) is 0 Å². The van der Waals surface area contributed by atoms with Crippen LogP contribution in [-0.4, -0.2) is 9.97 Å². The van der Waals surface area contributed by atoms with Gasteiger partial charge in [0.05, 0.1) is 0 Å². The highest BCUT2D eigenvalue weighted by Crippen LogP contribution is 2.40. The van der Waals surface area contributed by atoms with Crippen molar-refractivity contribution < 1.29 is 0 Å². The number of hydrogen-bond donors (Lipinski definition) is 0. The summed E-state index contributed by atoms with van der Waals surface area (Å²) in [5.41, 5.74) is 2.08. The Kier molecular flexibility index (Phi) is 4.82. The second kappa shape index (κ2) is 6.64. The largest absolute Gasteiger partial charge is 0.220 e. The van der Waals surface area contributed by atoms with Crippen LogP contribution in [0, 0.1) is 0 Å². The molecular formula is C16H15BrCl2N2. The Morgan fingerprint density at radius 2 is 1.57 bits per heavy atom. The molecule has 0 amide bonds. The monoisotopic (exact) mass is 384 g/mol. The molecule has 1 saturated carbocycles. The van der Waals surface area contributed by atoms with Crippen LogP contribution in [0.4, 0.5) is 0 Å². The minimum absolute atomic E-state index is 0.423. The average molecular weight is 386 g/mol. The number of nitrogens with zero attached hydrogens (tertiary/aromatic N) is 2. The van der Waals surface area contributed by atoms with E-state index in [1.807, 2.05) is 24.3 Å². The molecule has 1 aliphatic carbocycles. The molecule has 1 aromatic carbocycles. The number of halogens is 3. The maximum atomic E-state index is 6.36. The van der Waals surface area contributed by atoms with Crippen LogP contribution in [0.2, 0.25) is 10.3 Å². The zero-order chi connectivity index (χ0) is 14.8. The second-order valence-corrected chi connectivity index (χ2v) is 7.05. The van der Waals surface area contributed by atoms with Crippen molar-refractivity contribution in [1.29, 1.82) is 0 Å². The molecule has 0 unspecified atom stereocenters. The fraction of sp³-hybridized carbons (Fsp3) is 0.375. The zero-order valence-corrected chi connectivity index (χ0v) is 14.5. The lowest BCUT2D eigenvalue weighted by Gasteiger charge is -2.13. The molecule has 3 rings (SSSR count). The van der Waals surface area contributed by atoms with E-state index in [-0.39, 0.29) is 0 Å². The minimum Gasteiger partial charge on any atom is -0.220 e. The third kappa shape index (κ3) is 3.58. The zero-order valence-electron chi connectivity index (χ0n) is 11.5. The molecule has 0 aliphatic heterocycles. The molecule has 2 nitrogen and oxygen atoms in total. The minimum atomic E-state index is 0.423. The Morgan fingerprint density at radius 1 is 1.00 bits per heavy atom. The van der Waals surface area contributed by atoms with E-state index in [0.717, 1.165) is 28.4 Å². The molecule has 1 aromatic heterocycles. The normalized spacial score (nSPS) is 15.6. The van der Waals surface area contributed by atoms with Crippen LogP contribution >= 0.6 is 39.1 Å². The lowest BCUT2D eigenvalue weighted by atomic mass is 10.0. The first-order chi connectivity index (χ1) is 10.1. The van der Waals surface area contributed by atoms with Crippen molar-refractivity contribution in [1.82, 2.24) is 9.97 Å². The Balaban J connectivity index is 1.85. The molecule has 0 N–H and O–H groups in total. The fourth-order valence-corrected chi connectivity index (χ4v) is 3.87. The van der Waals surface area contributed by atoms with Gasteiger partial charge < -0.3 is 0 Å². The third-order valence-electron chi connectivity index (χ3n) is 3.94. The van der Waals surface area contributed by atoms with E-state index < -0.39 is 0 Å². The van der Waals surface area contributed by atoms with Gasteiger partial charge in [0.2, 0.25) is 0 Å². The van der Waals surface area contributed by atoms with Crippen LogP contribution in [-0.2, 0) is 6.42 Å². The van der Waals surface area contributed by atoms with Crippen molar-refractivity contribution in [2.24, 2.45) is 0 Å². The molecule has 110 valence electrons. The molecular weight excluding hydrogens is 371 g/mol. The van der Waals surface area contributed by atoms with Gasteiger partial charge in [-0.3, -0.25) is 0 Å². The summed E-state index contributed by atoms with van der Waals surface area (Å²) >= 11 is 16.2. The summed E-state index contributed by atoms with van der Waals surface area (Å²) in [6.45, 7) is 0. The van der Waals surface area contributed by atoms with Gasteiger partial charge in [0.15, 0.2) is 0 Å². The summed E-state index contributed by atoms with van der Waals surface area (Å²) in [7, 11) is 0. The van der Waals surface area contributed by atoms with Crippen molar-refractivity contribution in [2.75, 3.05) is 0 Å². The van der Waals surface area contributed by atoms with Crippen LogP contribution in [0.25, 0.3) is 0 Å². The smallest absolute Gasteiger partial charge is 0.137 e. The van der Waals surface area contributed by atoms with E-state index in [1.54, 1.807) is 0 Å². The molecule has 0 saturated heterocycles. The molecule has 21 heavy (non-hydrogen) atoms. The second-order valence-electron chi connectivity index (χ2n) is 5.42. The van der Waals surface area contributed by atoms with Gasteiger partial charge in [0.25, 0.3) is 0 Å². The van der Waals surface area contributed by atoms with Gasteiger partial charge in [-0.05, 0) is 36.5 Å². The van der Waals surface area contributed by atoms with Gasteiger partial charge in [-0.1, -0.05) is 64.1 Å². The van der Waals surface area contributed by atoms with Crippen molar-refractivity contribution in [3.63, 3.8) is 0 Å². The highest BCUT2D eigenvalue weighted by molar-refractivity contribution is 9.10. The third-order valence-corrected chi connectivity index (χ3v) is 5.04. The number of benzene rings is 1. The molecule has 5 heteroatoms. The quantitative estimate of drug-likeness (QED) is 0.624. The summed E-state index contributed by atoms with van der Waals surface area (Å²) in [6, 6.07) is 8.09. The summed E-state index contributed by atoms with van der Waals surface area (Å²) in [4.78, 5) is 8.91. The maximum absolute atomic E-state index is 6.36. The lowest BCUT2D eigenvalue weighted by Crippen LogP contribution is -2.04. The molecule has 0 radical (unpaired) electrons. The van der Waals surface area contributed by atoms with Crippen molar-refractivity contribution in [3.05, 3.63) is 56.0 Å². The SMILES string of the molecule is Clc1nc(Cc2ccc(Br)cc2)nc(Cl)c1C1CCCC1. The Morgan fingerprint density at radius 3 is 2.14 bits per heavy atom. The van der Waals surface area contributed by atoms with E-state index in [9.17, 15) is 0 Å². The van der Waals surface area contributed by atoms with Crippen LogP contribution in [0.15, 0.2) is 28.7 Å². The highest BCUT2D eigenvalue weighted by Gasteiger charge is 2.24. The topological polar surface area (TPSA) is 25.8 Å². The van der Waals surface area contributed by atoms with Gasteiger partial charge in [-0.15, -0.1) is 0 Å². The van der Waals surface area contributed by atoms with Crippen molar-refractivity contribution in [3.8, 4) is 0 Å². The molecule has 1 heterocycles.